The smallest absolute Gasteiger partial charge is 0.433 e. The quantitative estimate of drug-likeness (QED) is 0.423. The van der Waals surface area contributed by atoms with Crippen LogP contribution in [-0.4, -0.2) is 28.4 Å². The molecule has 1 N–H and O–H groups in total. The van der Waals surface area contributed by atoms with Crippen LogP contribution in [0.2, 0.25) is 0 Å². The molecule has 1 aliphatic heterocycles. The van der Waals surface area contributed by atoms with Crippen LogP contribution < -0.4 is 14.8 Å². The van der Waals surface area contributed by atoms with E-state index in [1.807, 2.05) is 6.07 Å². The van der Waals surface area contributed by atoms with E-state index in [4.69, 9.17) is 9.47 Å². The summed E-state index contributed by atoms with van der Waals surface area (Å²) in [6, 6.07) is 14.6. The maximum Gasteiger partial charge on any atom is 0.433 e. The molecule has 160 valence electrons. The molecule has 0 spiro atoms. The van der Waals surface area contributed by atoms with Crippen LogP contribution in [0, 0.1) is 0 Å². The third-order valence-corrected chi connectivity index (χ3v) is 5.13. The summed E-state index contributed by atoms with van der Waals surface area (Å²) in [6.07, 6.45) is -4.54. The van der Waals surface area contributed by atoms with E-state index < -0.39 is 11.9 Å². The van der Waals surface area contributed by atoms with E-state index in [1.165, 1.54) is 0 Å². The molecule has 0 atom stereocenters. The van der Waals surface area contributed by atoms with Gasteiger partial charge in [-0.3, -0.25) is 4.79 Å². The summed E-state index contributed by atoms with van der Waals surface area (Å²) in [5.41, 5.74) is 0.155. The van der Waals surface area contributed by atoms with Gasteiger partial charge in [0, 0.05) is 23.4 Å². The number of alkyl halides is 3. The van der Waals surface area contributed by atoms with Crippen LogP contribution in [-0.2, 0) is 11.0 Å². The minimum absolute atomic E-state index is 0.0580. The predicted molar refractivity (Wildman–Crippen MR) is 109 cm³/mol. The Kier molecular flexibility index (Phi) is 5.99. The number of aromatic nitrogens is 2. The van der Waals surface area contributed by atoms with Crippen molar-refractivity contribution in [3.8, 4) is 22.8 Å². The lowest BCUT2D eigenvalue weighted by molar-refractivity contribution is -0.141. The van der Waals surface area contributed by atoms with Crippen molar-refractivity contribution in [3.63, 3.8) is 0 Å². The zero-order valence-electron chi connectivity index (χ0n) is 16.0. The van der Waals surface area contributed by atoms with Crippen molar-refractivity contribution in [2.75, 3.05) is 17.9 Å². The first-order chi connectivity index (χ1) is 14.9. The summed E-state index contributed by atoms with van der Waals surface area (Å²) in [5, 5.41) is 2.67. The van der Waals surface area contributed by atoms with Gasteiger partial charge in [-0.05, 0) is 36.4 Å². The van der Waals surface area contributed by atoms with Gasteiger partial charge in [-0.25, -0.2) is 9.97 Å². The number of halogens is 3. The van der Waals surface area contributed by atoms with Gasteiger partial charge in [-0.1, -0.05) is 30.0 Å². The minimum atomic E-state index is -4.63. The number of fused-ring (bicyclic) bond motifs is 1. The van der Waals surface area contributed by atoms with E-state index >= 15 is 0 Å². The average Bonchev–Trinajstić information content (AvgIpc) is 3.21. The second kappa shape index (κ2) is 8.84. The Hall–Kier alpha value is -3.27. The van der Waals surface area contributed by atoms with Crippen LogP contribution in [0.25, 0.3) is 11.3 Å². The molecule has 0 saturated heterocycles. The second-order valence-corrected chi connectivity index (χ2v) is 7.56. The Labute approximate surface area is 179 Å². The van der Waals surface area contributed by atoms with Gasteiger partial charge in [-0.2, -0.15) is 13.2 Å². The van der Waals surface area contributed by atoms with Gasteiger partial charge in [0.2, 0.25) is 12.7 Å². The molecular weight excluding hydrogens is 431 g/mol. The molecule has 1 amide bonds. The summed E-state index contributed by atoms with van der Waals surface area (Å²) in [7, 11) is 0. The fourth-order valence-electron chi connectivity index (χ4n) is 2.82. The SMILES string of the molecule is O=C(CCSc1nc(-c2ccc3c(c2)OCO3)cc(C(F)(F)F)n1)Nc1ccccc1. The van der Waals surface area contributed by atoms with Gasteiger partial charge in [0.05, 0.1) is 5.69 Å². The number of hydrogen-bond acceptors (Lipinski definition) is 6. The van der Waals surface area contributed by atoms with E-state index in [9.17, 15) is 18.0 Å². The molecule has 0 radical (unpaired) electrons. The third-order valence-electron chi connectivity index (χ3n) is 4.28. The zero-order chi connectivity index (χ0) is 21.8. The van der Waals surface area contributed by atoms with Gasteiger partial charge in [-0.15, -0.1) is 0 Å². The van der Waals surface area contributed by atoms with Crippen molar-refractivity contribution in [3.05, 3.63) is 60.3 Å². The highest BCUT2D eigenvalue weighted by Gasteiger charge is 2.34. The number of hydrogen-bond donors (Lipinski definition) is 1. The van der Waals surface area contributed by atoms with E-state index in [1.54, 1.807) is 42.5 Å². The van der Waals surface area contributed by atoms with Gasteiger partial charge >= 0.3 is 6.18 Å². The predicted octanol–water partition coefficient (Wildman–Crippen LogP) is 5.01. The zero-order valence-corrected chi connectivity index (χ0v) is 16.8. The fourth-order valence-corrected chi connectivity index (χ4v) is 3.61. The number of anilines is 1. The molecule has 0 fully saturated rings. The Balaban J connectivity index is 1.49. The number of para-hydroxylation sites is 1. The van der Waals surface area contributed by atoms with Gasteiger partial charge < -0.3 is 14.8 Å². The van der Waals surface area contributed by atoms with E-state index in [0.717, 1.165) is 17.8 Å². The van der Waals surface area contributed by atoms with Gasteiger partial charge in [0.25, 0.3) is 0 Å². The summed E-state index contributed by atoms with van der Waals surface area (Å²) < 4.78 is 50.6. The molecule has 1 aromatic heterocycles. The molecule has 2 heterocycles. The molecule has 0 aliphatic carbocycles. The van der Waals surface area contributed by atoms with Crippen molar-refractivity contribution in [2.24, 2.45) is 0 Å². The Morgan fingerprint density at radius 3 is 2.58 bits per heavy atom. The van der Waals surface area contributed by atoms with Gasteiger partial charge in [0.1, 0.15) is 5.69 Å². The van der Waals surface area contributed by atoms with Crippen LogP contribution in [0.5, 0.6) is 11.5 Å². The lowest BCUT2D eigenvalue weighted by Gasteiger charge is -2.11. The number of benzene rings is 2. The molecule has 3 aromatic rings. The maximum absolute atomic E-state index is 13.4. The molecule has 6 nitrogen and oxygen atoms in total. The second-order valence-electron chi connectivity index (χ2n) is 6.50. The van der Waals surface area contributed by atoms with E-state index in [0.29, 0.717) is 22.7 Å². The van der Waals surface area contributed by atoms with E-state index in [2.05, 4.69) is 15.3 Å². The van der Waals surface area contributed by atoms with Crippen molar-refractivity contribution in [2.45, 2.75) is 17.8 Å². The van der Waals surface area contributed by atoms with Crippen molar-refractivity contribution in [1.29, 1.82) is 0 Å². The molecule has 0 unspecified atom stereocenters. The van der Waals surface area contributed by atoms with Crippen LogP contribution in [0.1, 0.15) is 12.1 Å². The topological polar surface area (TPSA) is 73.3 Å². The Morgan fingerprint density at radius 1 is 1.03 bits per heavy atom. The number of nitrogens with zero attached hydrogens (tertiary/aromatic N) is 2. The molecule has 2 aromatic carbocycles. The number of rotatable bonds is 6. The van der Waals surface area contributed by atoms with Crippen molar-refractivity contribution < 1.29 is 27.4 Å². The normalized spacial score (nSPS) is 12.6. The molecule has 1 aliphatic rings. The molecule has 0 saturated carbocycles. The van der Waals surface area contributed by atoms with Crippen LogP contribution in [0.3, 0.4) is 0 Å². The lowest BCUT2D eigenvalue weighted by Crippen LogP contribution is -2.13. The summed E-state index contributed by atoms with van der Waals surface area (Å²) >= 11 is 0.985. The summed E-state index contributed by atoms with van der Waals surface area (Å²) in [6.45, 7) is 0.0580. The molecule has 4 rings (SSSR count). The molecule has 31 heavy (non-hydrogen) atoms. The Morgan fingerprint density at radius 2 is 1.81 bits per heavy atom. The van der Waals surface area contributed by atoms with Crippen LogP contribution >= 0.6 is 11.8 Å². The number of thioether (sulfide) groups is 1. The summed E-state index contributed by atoms with van der Waals surface area (Å²) in [4.78, 5) is 19.9. The lowest BCUT2D eigenvalue weighted by atomic mass is 10.1. The highest BCUT2D eigenvalue weighted by molar-refractivity contribution is 7.99. The maximum atomic E-state index is 13.4. The highest BCUT2D eigenvalue weighted by atomic mass is 32.2. The molecule has 0 bridgehead atoms. The van der Waals surface area contributed by atoms with Crippen LogP contribution in [0.15, 0.2) is 59.8 Å². The number of amides is 1. The monoisotopic (exact) mass is 447 g/mol. The standard InChI is InChI=1S/C21H16F3N3O3S/c22-21(23,24)18-11-15(13-6-7-16-17(10-13)30-12-29-16)26-20(27-18)31-9-8-19(28)25-14-4-2-1-3-5-14/h1-7,10-11H,8-9,12H2,(H,25,28). The van der Waals surface area contributed by atoms with Gasteiger partial charge in [0.15, 0.2) is 16.7 Å². The number of carbonyl (C=O) groups is 1. The highest BCUT2D eigenvalue weighted by Crippen LogP contribution is 2.37. The first-order valence-electron chi connectivity index (χ1n) is 9.22. The molecule has 10 heteroatoms. The first-order valence-corrected chi connectivity index (χ1v) is 10.2. The summed E-state index contributed by atoms with van der Waals surface area (Å²) in [5.74, 6) is 0.937. The minimum Gasteiger partial charge on any atom is -0.454 e. The van der Waals surface area contributed by atoms with E-state index in [-0.39, 0.29) is 35.7 Å². The Bertz CT molecular complexity index is 1090. The largest absolute Gasteiger partial charge is 0.454 e. The average molecular weight is 447 g/mol. The number of carbonyl (C=O) groups excluding carboxylic acids is 1. The van der Waals surface area contributed by atoms with Crippen molar-refractivity contribution in [1.82, 2.24) is 9.97 Å². The fraction of sp³-hybridized carbons (Fsp3) is 0.190. The number of ether oxygens (including phenoxy) is 2. The first kappa shape index (κ1) is 21.0. The van der Waals surface area contributed by atoms with Crippen molar-refractivity contribution >= 4 is 23.4 Å². The number of nitrogens with one attached hydrogen (secondary N) is 1. The molecular formula is C21H16F3N3O3S. The van der Waals surface area contributed by atoms with Crippen LogP contribution in [0.4, 0.5) is 18.9 Å². The third kappa shape index (κ3) is 5.26.